The molecule has 0 aliphatic rings. The number of rotatable bonds is 8. The highest BCUT2D eigenvalue weighted by atomic mass is 35.5. The van der Waals surface area contributed by atoms with Gasteiger partial charge in [-0.3, -0.25) is 13.9 Å². The molecule has 0 fully saturated rings. The predicted molar refractivity (Wildman–Crippen MR) is 119 cm³/mol. The summed E-state index contributed by atoms with van der Waals surface area (Å²) in [5.74, 6) is -0.921. The third-order valence-corrected chi connectivity index (χ3v) is 6.04. The van der Waals surface area contributed by atoms with Crippen molar-refractivity contribution < 1.29 is 18.0 Å². The first-order valence-electron chi connectivity index (χ1n) is 9.01. The Kier molecular flexibility index (Phi) is 8.11. The number of sulfonamides is 1. The zero-order valence-corrected chi connectivity index (χ0v) is 19.1. The summed E-state index contributed by atoms with van der Waals surface area (Å²) in [6.07, 6.45) is 1.00. The van der Waals surface area contributed by atoms with E-state index in [-0.39, 0.29) is 18.1 Å². The minimum absolute atomic E-state index is 0.0845. The first-order valence-corrected chi connectivity index (χ1v) is 11.6. The fraction of sp³-hybridized carbons (Fsp3) is 0.300. The van der Waals surface area contributed by atoms with Gasteiger partial charge in [0.05, 0.1) is 11.9 Å². The Morgan fingerprint density at radius 2 is 1.67 bits per heavy atom. The number of carbonyl (C=O) groups excluding carboxylic acids is 2. The number of nitrogens with zero attached hydrogens (tertiary/aromatic N) is 2. The van der Waals surface area contributed by atoms with E-state index in [9.17, 15) is 18.0 Å². The number of amides is 2. The maximum Gasteiger partial charge on any atom is 0.244 e. The molecule has 2 aromatic rings. The summed E-state index contributed by atoms with van der Waals surface area (Å²) in [5.41, 5.74) is 0.967. The minimum atomic E-state index is -3.79. The van der Waals surface area contributed by atoms with Gasteiger partial charge in [-0.2, -0.15) is 0 Å². The average molecular weight is 472 g/mol. The van der Waals surface area contributed by atoms with Gasteiger partial charge in [0.2, 0.25) is 21.8 Å². The molecule has 0 spiro atoms. The number of hydrogen-bond donors (Lipinski definition) is 1. The minimum Gasteiger partial charge on any atom is -0.357 e. The third-order valence-electron chi connectivity index (χ3n) is 4.43. The lowest BCUT2D eigenvalue weighted by Gasteiger charge is -2.31. The van der Waals surface area contributed by atoms with Gasteiger partial charge in [0, 0.05) is 23.6 Å². The lowest BCUT2D eigenvalue weighted by Crippen LogP contribution is -2.50. The molecule has 2 rings (SSSR count). The van der Waals surface area contributed by atoms with Crippen molar-refractivity contribution in [1.82, 2.24) is 10.2 Å². The summed E-state index contributed by atoms with van der Waals surface area (Å²) in [4.78, 5) is 26.7. The molecule has 0 saturated heterocycles. The van der Waals surface area contributed by atoms with Crippen molar-refractivity contribution in [2.24, 2.45) is 0 Å². The Hall–Kier alpha value is -2.29. The monoisotopic (exact) mass is 471 g/mol. The van der Waals surface area contributed by atoms with E-state index in [4.69, 9.17) is 23.2 Å². The van der Waals surface area contributed by atoms with E-state index in [0.29, 0.717) is 15.6 Å². The second-order valence-electron chi connectivity index (χ2n) is 6.69. The quantitative estimate of drug-likeness (QED) is 0.640. The van der Waals surface area contributed by atoms with Crippen molar-refractivity contribution in [1.29, 1.82) is 0 Å². The molecule has 1 atom stereocenters. The van der Waals surface area contributed by atoms with Gasteiger partial charge in [-0.1, -0.05) is 41.4 Å². The Labute approximate surface area is 186 Å². The van der Waals surface area contributed by atoms with Gasteiger partial charge >= 0.3 is 0 Å². The van der Waals surface area contributed by atoms with Crippen LogP contribution in [0.2, 0.25) is 10.0 Å². The van der Waals surface area contributed by atoms with Gasteiger partial charge in [0.25, 0.3) is 0 Å². The maximum absolute atomic E-state index is 13.2. The molecule has 0 heterocycles. The van der Waals surface area contributed by atoms with E-state index in [1.165, 1.54) is 18.0 Å². The molecule has 1 N–H and O–H groups in total. The molecule has 0 radical (unpaired) electrons. The molecule has 162 valence electrons. The smallest absolute Gasteiger partial charge is 0.244 e. The Morgan fingerprint density at radius 3 is 2.20 bits per heavy atom. The standard InChI is InChI=1S/C20H23Cl2N3O4S/c1-14(20(27)23-2)24(12-15-6-4-7-16(21)10-15)19(26)13-25(30(3,28)29)18-9-5-8-17(22)11-18/h4-11,14H,12-13H2,1-3H3,(H,23,27). The molecule has 0 aliphatic heterocycles. The van der Waals surface area contributed by atoms with Crippen molar-refractivity contribution in [2.75, 3.05) is 24.2 Å². The number of benzene rings is 2. The van der Waals surface area contributed by atoms with Crippen LogP contribution in [0.5, 0.6) is 0 Å². The van der Waals surface area contributed by atoms with Crippen LogP contribution in [0.25, 0.3) is 0 Å². The molecule has 0 aliphatic carbocycles. The lowest BCUT2D eigenvalue weighted by molar-refractivity contribution is -0.139. The summed E-state index contributed by atoms with van der Waals surface area (Å²) in [7, 11) is -2.32. The molecule has 30 heavy (non-hydrogen) atoms. The summed E-state index contributed by atoms with van der Waals surface area (Å²) < 4.78 is 25.7. The molecule has 0 saturated carbocycles. The van der Waals surface area contributed by atoms with Gasteiger partial charge in [0.15, 0.2) is 0 Å². The molecule has 2 amide bonds. The zero-order chi connectivity index (χ0) is 22.5. The number of nitrogens with one attached hydrogen (secondary N) is 1. The number of hydrogen-bond acceptors (Lipinski definition) is 4. The van der Waals surface area contributed by atoms with Gasteiger partial charge in [0.1, 0.15) is 12.6 Å². The maximum atomic E-state index is 13.2. The summed E-state index contributed by atoms with van der Waals surface area (Å²) in [6.45, 7) is 1.17. The molecular weight excluding hydrogens is 449 g/mol. The van der Waals surface area contributed by atoms with Crippen LogP contribution in [0, 0.1) is 0 Å². The fourth-order valence-corrected chi connectivity index (χ4v) is 4.11. The lowest BCUT2D eigenvalue weighted by atomic mass is 10.1. The van der Waals surface area contributed by atoms with Crippen molar-refractivity contribution in [2.45, 2.75) is 19.5 Å². The Balaban J connectivity index is 2.38. The van der Waals surface area contributed by atoms with E-state index in [1.807, 2.05) is 0 Å². The average Bonchev–Trinajstić information content (AvgIpc) is 2.68. The van der Waals surface area contributed by atoms with Crippen LogP contribution >= 0.6 is 23.2 Å². The van der Waals surface area contributed by atoms with Gasteiger partial charge in [-0.15, -0.1) is 0 Å². The van der Waals surface area contributed by atoms with Crippen molar-refractivity contribution >= 4 is 50.7 Å². The number of anilines is 1. The summed E-state index contributed by atoms with van der Waals surface area (Å²) in [5, 5.41) is 3.34. The number of halogens is 2. The van der Waals surface area contributed by atoms with E-state index in [1.54, 1.807) is 49.4 Å². The third kappa shape index (κ3) is 6.35. The molecule has 1 unspecified atom stereocenters. The Morgan fingerprint density at radius 1 is 1.07 bits per heavy atom. The van der Waals surface area contributed by atoms with Gasteiger partial charge in [-0.05, 0) is 42.8 Å². The van der Waals surface area contributed by atoms with Crippen molar-refractivity contribution in [3.8, 4) is 0 Å². The largest absolute Gasteiger partial charge is 0.357 e. The first kappa shape index (κ1) is 24.0. The van der Waals surface area contributed by atoms with Crippen LogP contribution in [0.4, 0.5) is 5.69 Å². The normalized spacial score (nSPS) is 12.2. The van der Waals surface area contributed by atoms with E-state index < -0.39 is 28.5 Å². The first-order chi connectivity index (χ1) is 14.0. The summed E-state index contributed by atoms with van der Waals surface area (Å²) in [6, 6.07) is 12.3. The zero-order valence-electron chi connectivity index (χ0n) is 16.8. The molecule has 0 bridgehead atoms. The van der Waals surface area contributed by atoms with E-state index in [2.05, 4.69) is 5.32 Å². The highest BCUT2D eigenvalue weighted by Gasteiger charge is 2.29. The fourth-order valence-electron chi connectivity index (χ4n) is 2.87. The van der Waals surface area contributed by atoms with Crippen LogP contribution < -0.4 is 9.62 Å². The molecule has 10 heteroatoms. The summed E-state index contributed by atoms with van der Waals surface area (Å²) >= 11 is 12.0. The van der Waals surface area contributed by atoms with Gasteiger partial charge in [-0.25, -0.2) is 8.42 Å². The van der Waals surface area contributed by atoms with Crippen LogP contribution in [0.1, 0.15) is 12.5 Å². The second-order valence-corrected chi connectivity index (χ2v) is 9.47. The van der Waals surface area contributed by atoms with Crippen LogP contribution in [-0.2, 0) is 26.2 Å². The van der Waals surface area contributed by atoms with Crippen LogP contribution in [0.3, 0.4) is 0 Å². The Bertz CT molecular complexity index is 1030. The van der Waals surface area contributed by atoms with Crippen molar-refractivity contribution in [3.63, 3.8) is 0 Å². The SMILES string of the molecule is CNC(=O)C(C)N(Cc1cccc(Cl)c1)C(=O)CN(c1cccc(Cl)c1)S(C)(=O)=O. The van der Waals surface area contributed by atoms with Crippen LogP contribution in [-0.4, -0.2) is 51.0 Å². The van der Waals surface area contributed by atoms with Crippen LogP contribution in [0.15, 0.2) is 48.5 Å². The highest BCUT2D eigenvalue weighted by Crippen LogP contribution is 2.23. The topological polar surface area (TPSA) is 86.8 Å². The number of carbonyl (C=O) groups is 2. The molecule has 7 nitrogen and oxygen atoms in total. The molecule has 0 aromatic heterocycles. The van der Waals surface area contributed by atoms with Crippen molar-refractivity contribution in [3.05, 3.63) is 64.1 Å². The van der Waals surface area contributed by atoms with Gasteiger partial charge < -0.3 is 10.2 Å². The number of likely N-dealkylation sites (N-methyl/N-ethyl adjacent to an activating group) is 1. The highest BCUT2D eigenvalue weighted by molar-refractivity contribution is 7.92. The molecule has 2 aromatic carbocycles. The predicted octanol–water partition coefficient (Wildman–Crippen LogP) is 2.92. The molecular formula is C20H23Cl2N3O4S. The second kappa shape index (κ2) is 10.1. The van der Waals surface area contributed by atoms with E-state index >= 15 is 0 Å². The van der Waals surface area contributed by atoms with E-state index in [0.717, 1.165) is 10.6 Å².